The van der Waals surface area contributed by atoms with E-state index in [0.29, 0.717) is 5.69 Å². The van der Waals surface area contributed by atoms with Gasteiger partial charge in [0.1, 0.15) is 6.54 Å². The quantitative estimate of drug-likeness (QED) is 0.570. The minimum atomic E-state index is -0.490. The van der Waals surface area contributed by atoms with Crippen LogP contribution in [0.2, 0.25) is 0 Å². The summed E-state index contributed by atoms with van der Waals surface area (Å²) in [4.78, 5) is 41.3. The topological polar surface area (TPSA) is 95.8 Å². The van der Waals surface area contributed by atoms with Crippen molar-refractivity contribution < 1.29 is 4.79 Å². The van der Waals surface area contributed by atoms with Crippen molar-refractivity contribution in [2.75, 3.05) is 5.32 Å². The van der Waals surface area contributed by atoms with Crippen molar-refractivity contribution in [3.8, 4) is 5.69 Å². The second-order valence-electron chi connectivity index (χ2n) is 6.41. The number of amides is 1. The standard InChI is InChI=1S/C19H18N6O3/c1-22-17-16(18(27)23(2)19(22)28)25(12-20-17)11-15(26)21-13-7-3-4-8-14(13)24-9-5-6-10-24/h3-10,12H,11H2,1-2H3,(H,21,26). The molecule has 0 saturated heterocycles. The van der Waals surface area contributed by atoms with E-state index in [1.54, 1.807) is 0 Å². The highest BCUT2D eigenvalue weighted by molar-refractivity contribution is 5.93. The number of benzene rings is 1. The summed E-state index contributed by atoms with van der Waals surface area (Å²) < 4.78 is 5.63. The van der Waals surface area contributed by atoms with Gasteiger partial charge in [-0.3, -0.25) is 18.7 Å². The van der Waals surface area contributed by atoms with Gasteiger partial charge in [-0.05, 0) is 24.3 Å². The first-order valence-electron chi connectivity index (χ1n) is 8.60. The van der Waals surface area contributed by atoms with Crippen LogP contribution >= 0.6 is 0 Å². The number of carbonyl (C=O) groups is 1. The van der Waals surface area contributed by atoms with Crippen LogP contribution in [0.4, 0.5) is 5.69 Å². The molecule has 1 amide bonds. The normalized spacial score (nSPS) is 11.1. The predicted molar refractivity (Wildman–Crippen MR) is 105 cm³/mol. The Hall–Kier alpha value is -3.88. The first kappa shape index (κ1) is 17.5. The van der Waals surface area contributed by atoms with Crippen LogP contribution in [0.1, 0.15) is 0 Å². The summed E-state index contributed by atoms with van der Waals surface area (Å²) in [5.41, 5.74) is 0.971. The van der Waals surface area contributed by atoms with E-state index < -0.39 is 11.2 Å². The molecule has 3 aromatic heterocycles. The molecule has 4 rings (SSSR count). The van der Waals surface area contributed by atoms with Crippen molar-refractivity contribution in [1.29, 1.82) is 0 Å². The Morgan fingerprint density at radius 1 is 1.04 bits per heavy atom. The molecular formula is C19H18N6O3. The van der Waals surface area contributed by atoms with Crippen LogP contribution in [0.3, 0.4) is 0 Å². The first-order valence-corrected chi connectivity index (χ1v) is 8.60. The molecule has 3 heterocycles. The lowest BCUT2D eigenvalue weighted by Gasteiger charge is -2.12. The number of hydrogen-bond acceptors (Lipinski definition) is 4. The zero-order chi connectivity index (χ0) is 19.8. The van der Waals surface area contributed by atoms with Gasteiger partial charge >= 0.3 is 5.69 Å². The molecule has 0 aliphatic heterocycles. The van der Waals surface area contributed by atoms with E-state index in [1.165, 1.54) is 29.6 Å². The minimum Gasteiger partial charge on any atom is -0.323 e. The molecule has 1 aromatic carbocycles. The Balaban J connectivity index is 1.66. The van der Waals surface area contributed by atoms with Crippen LogP contribution in [0.15, 0.2) is 64.7 Å². The van der Waals surface area contributed by atoms with E-state index in [2.05, 4.69) is 10.3 Å². The number of para-hydroxylation sites is 2. The van der Waals surface area contributed by atoms with Gasteiger partial charge in [-0.25, -0.2) is 9.78 Å². The summed E-state index contributed by atoms with van der Waals surface area (Å²) in [6.07, 6.45) is 5.17. The average molecular weight is 378 g/mol. The lowest BCUT2D eigenvalue weighted by Crippen LogP contribution is -2.37. The lowest BCUT2D eigenvalue weighted by molar-refractivity contribution is -0.116. The van der Waals surface area contributed by atoms with Gasteiger partial charge < -0.3 is 14.5 Å². The van der Waals surface area contributed by atoms with Crippen molar-refractivity contribution in [2.24, 2.45) is 14.1 Å². The molecule has 9 heteroatoms. The van der Waals surface area contributed by atoms with E-state index in [4.69, 9.17) is 0 Å². The Morgan fingerprint density at radius 3 is 2.50 bits per heavy atom. The van der Waals surface area contributed by atoms with Gasteiger partial charge in [-0.2, -0.15) is 0 Å². The molecule has 0 atom stereocenters. The Kier molecular flexibility index (Phi) is 4.19. The van der Waals surface area contributed by atoms with Crippen molar-refractivity contribution in [3.63, 3.8) is 0 Å². The van der Waals surface area contributed by atoms with Crippen LogP contribution in [0, 0.1) is 0 Å². The number of carbonyl (C=O) groups excluding carboxylic acids is 1. The largest absolute Gasteiger partial charge is 0.332 e. The molecule has 0 spiro atoms. The van der Waals surface area contributed by atoms with E-state index in [9.17, 15) is 14.4 Å². The van der Waals surface area contributed by atoms with Gasteiger partial charge in [-0.15, -0.1) is 0 Å². The number of imidazole rings is 1. The molecule has 0 aliphatic rings. The van der Waals surface area contributed by atoms with E-state index >= 15 is 0 Å². The first-order chi connectivity index (χ1) is 13.5. The average Bonchev–Trinajstić information content (AvgIpc) is 3.35. The third kappa shape index (κ3) is 2.82. The smallest absolute Gasteiger partial charge is 0.323 e. The molecule has 0 fully saturated rings. The zero-order valence-electron chi connectivity index (χ0n) is 15.4. The Morgan fingerprint density at radius 2 is 1.75 bits per heavy atom. The number of aromatic nitrogens is 5. The SMILES string of the molecule is Cn1c(=O)c2c(ncn2CC(=O)Nc2ccccc2-n2cccc2)n(C)c1=O. The number of nitrogens with one attached hydrogen (secondary N) is 1. The van der Waals surface area contributed by atoms with Crippen molar-refractivity contribution in [2.45, 2.75) is 6.54 Å². The van der Waals surface area contributed by atoms with E-state index in [1.807, 2.05) is 53.4 Å². The van der Waals surface area contributed by atoms with Crippen LogP contribution in [-0.4, -0.2) is 29.2 Å². The van der Waals surface area contributed by atoms with Gasteiger partial charge in [0, 0.05) is 26.5 Å². The summed E-state index contributed by atoms with van der Waals surface area (Å²) in [7, 11) is 2.93. The Bertz CT molecular complexity index is 1290. The van der Waals surface area contributed by atoms with Gasteiger partial charge in [-0.1, -0.05) is 12.1 Å². The number of hydrogen-bond donors (Lipinski definition) is 1. The third-order valence-electron chi connectivity index (χ3n) is 4.59. The number of anilines is 1. The zero-order valence-corrected chi connectivity index (χ0v) is 15.4. The predicted octanol–water partition coefficient (Wildman–Crippen LogP) is 0.863. The summed E-state index contributed by atoms with van der Waals surface area (Å²) in [6, 6.07) is 11.2. The van der Waals surface area contributed by atoms with Gasteiger partial charge in [0.15, 0.2) is 11.2 Å². The van der Waals surface area contributed by atoms with E-state index in [0.717, 1.165) is 10.3 Å². The molecule has 0 aliphatic carbocycles. The molecule has 0 unspecified atom stereocenters. The highest BCUT2D eigenvalue weighted by atomic mass is 16.2. The van der Waals surface area contributed by atoms with Crippen LogP contribution in [-0.2, 0) is 25.4 Å². The molecule has 0 radical (unpaired) electrons. The third-order valence-corrected chi connectivity index (χ3v) is 4.59. The van der Waals surface area contributed by atoms with Crippen LogP contribution in [0.25, 0.3) is 16.9 Å². The monoisotopic (exact) mass is 378 g/mol. The fourth-order valence-electron chi connectivity index (χ4n) is 3.16. The summed E-state index contributed by atoms with van der Waals surface area (Å²) in [5, 5.41) is 2.88. The lowest BCUT2D eigenvalue weighted by atomic mass is 10.2. The molecule has 28 heavy (non-hydrogen) atoms. The Labute approximate surface area is 159 Å². The molecule has 9 nitrogen and oxygen atoms in total. The maximum absolute atomic E-state index is 12.6. The summed E-state index contributed by atoms with van der Waals surface area (Å²) >= 11 is 0. The van der Waals surface area contributed by atoms with Gasteiger partial charge in [0.2, 0.25) is 5.91 Å². The second-order valence-corrected chi connectivity index (χ2v) is 6.41. The van der Waals surface area contributed by atoms with E-state index in [-0.39, 0.29) is 23.6 Å². The molecule has 0 bridgehead atoms. The number of nitrogens with zero attached hydrogens (tertiary/aromatic N) is 5. The van der Waals surface area contributed by atoms with Crippen molar-refractivity contribution >= 4 is 22.8 Å². The maximum Gasteiger partial charge on any atom is 0.332 e. The fourth-order valence-corrected chi connectivity index (χ4v) is 3.16. The highest BCUT2D eigenvalue weighted by Gasteiger charge is 2.16. The number of rotatable bonds is 4. The molecule has 4 aromatic rings. The van der Waals surface area contributed by atoms with Gasteiger partial charge in [0.25, 0.3) is 5.56 Å². The maximum atomic E-state index is 12.6. The van der Waals surface area contributed by atoms with Crippen LogP contribution in [0.5, 0.6) is 0 Å². The highest BCUT2D eigenvalue weighted by Crippen LogP contribution is 2.20. The summed E-state index contributed by atoms with van der Waals surface area (Å²) in [6.45, 7) is -0.107. The fraction of sp³-hybridized carbons (Fsp3) is 0.158. The summed E-state index contributed by atoms with van der Waals surface area (Å²) in [5.74, 6) is -0.310. The molecular weight excluding hydrogens is 360 g/mol. The number of fused-ring (bicyclic) bond motifs is 1. The van der Waals surface area contributed by atoms with Crippen molar-refractivity contribution in [1.82, 2.24) is 23.3 Å². The van der Waals surface area contributed by atoms with Crippen LogP contribution < -0.4 is 16.6 Å². The number of aryl methyl sites for hydroxylation is 1. The minimum absolute atomic E-state index is 0.107. The molecule has 0 saturated carbocycles. The van der Waals surface area contributed by atoms with Crippen molar-refractivity contribution in [3.05, 3.63) is 76.0 Å². The molecule has 1 N–H and O–H groups in total. The van der Waals surface area contributed by atoms with Gasteiger partial charge in [0.05, 0.1) is 17.7 Å². The molecule has 142 valence electrons. The second kappa shape index (κ2) is 6.69.